The average molecular weight is 394 g/mol. The van der Waals surface area contributed by atoms with Crippen molar-refractivity contribution in [3.05, 3.63) is 45.6 Å². The predicted octanol–water partition coefficient (Wildman–Crippen LogP) is 3.10. The van der Waals surface area contributed by atoms with E-state index in [1.165, 1.54) is 18.0 Å². The van der Waals surface area contributed by atoms with Crippen LogP contribution < -0.4 is 5.32 Å². The van der Waals surface area contributed by atoms with Crippen molar-refractivity contribution in [1.29, 1.82) is 0 Å². The van der Waals surface area contributed by atoms with E-state index in [9.17, 15) is 9.90 Å². The highest BCUT2D eigenvalue weighted by molar-refractivity contribution is 7.98. The highest BCUT2D eigenvalue weighted by Gasteiger charge is 2.25. The lowest BCUT2D eigenvalue weighted by atomic mass is 10.1. The molecule has 0 saturated carbocycles. The summed E-state index contributed by atoms with van der Waals surface area (Å²) in [5.74, 6) is 0.0397. The second-order valence-electron chi connectivity index (χ2n) is 5.96. The number of carbonyl (C=O) groups is 1. The van der Waals surface area contributed by atoms with Gasteiger partial charge in [-0.05, 0) is 48.8 Å². The zero-order chi connectivity index (χ0) is 18.7. The number of aliphatic hydroxyl groups is 1. The van der Waals surface area contributed by atoms with Crippen molar-refractivity contribution >= 4 is 35.1 Å². The van der Waals surface area contributed by atoms with Gasteiger partial charge in [0.2, 0.25) is 0 Å². The van der Waals surface area contributed by atoms with Gasteiger partial charge in [0, 0.05) is 17.3 Å². The monoisotopic (exact) mass is 393 g/mol. The molecule has 0 radical (unpaired) electrons. The Bertz CT molecular complexity index is 832. The van der Waals surface area contributed by atoms with Crippen molar-refractivity contribution in [2.24, 2.45) is 0 Å². The molecule has 1 unspecified atom stereocenters. The van der Waals surface area contributed by atoms with Gasteiger partial charge in [0.05, 0.1) is 13.2 Å². The van der Waals surface area contributed by atoms with Crippen molar-refractivity contribution in [2.75, 3.05) is 18.2 Å². The lowest BCUT2D eigenvalue weighted by Gasteiger charge is -2.16. The van der Waals surface area contributed by atoms with Gasteiger partial charge < -0.3 is 15.2 Å². The molecule has 8 heteroatoms. The van der Waals surface area contributed by atoms with Gasteiger partial charge in [-0.2, -0.15) is 0 Å². The van der Waals surface area contributed by atoms with Crippen LogP contribution in [0, 0.1) is 0 Å². The Labute approximate surface area is 161 Å². The molecule has 2 aromatic rings. The molecular weight excluding hydrogens is 374 g/mol. The fourth-order valence-electron chi connectivity index (χ4n) is 3.04. The number of halogens is 1. The molecule has 0 amide bonds. The van der Waals surface area contributed by atoms with Crippen molar-refractivity contribution < 1.29 is 14.6 Å². The summed E-state index contributed by atoms with van der Waals surface area (Å²) in [6.07, 6.45) is 4.91. The molecule has 0 fully saturated rings. The number of esters is 1. The Morgan fingerprint density at radius 1 is 1.42 bits per heavy atom. The summed E-state index contributed by atoms with van der Waals surface area (Å²) in [4.78, 5) is 20.8. The van der Waals surface area contributed by atoms with Crippen LogP contribution in [0.2, 0.25) is 5.02 Å². The van der Waals surface area contributed by atoms with Gasteiger partial charge >= 0.3 is 5.97 Å². The van der Waals surface area contributed by atoms with Gasteiger partial charge in [-0.25, -0.2) is 14.8 Å². The summed E-state index contributed by atoms with van der Waals surface area (Å²) in [6, 6.07) is 3.93. The number of thioether (sulfide) groups is 1. The SMILES string of the molecule is CCOC(=O)c1cnc(SC)nc1NC1Cc2cc(Cl)c(CO)cc2C1. The van der Waals surface area contributed by atoms with E-state index in [4.69, 9.17) is 16.3 Å². The smallest absolute Gasteiger partial charge is 0.343 e. The number of fused-ring (bicyclic) bond motifs is 1. The van der Waals surface area contributed by atoms with Crippen LogP contribution in [0.15, 0.2) is 23.5 Å². The van der Waals surface area contributed by atoms with E-state index in [0.717, 1.165) is 29.5 Å². The number of nitrogens with one attached hydrogen (secondary N) is 1. The fourth-order valence-corrected chi connectivity index (χ4v) is 3.63. The Morgan fingerprint density at radius 3 is 2.81 bits per heavy atom. The third-order valence-electron chi connectivity index (χ3n) is 4.26. The van der Waals surface area contributed by atoms with Crippen LogP contribution >= 0.6 is 23.4 Å². The van der Waals surface area contributed by atoms with Crippen molar-refractivity contribution in [2.45, 2.75) is 37.6 Å². The maximum atomic E-state index is 12.2. The molecule has 1 aliphatic carbocycles. The van der Waals surface area contributed by atoms with E-state index in [-0.39, 0.29) is 12.6 Å². The third-order valence-corrected chi connectivity index (χ3v) is 5.17. The number of hydrogen-bond acceptors (Lipinski definition) is 7. The number of nitrogens with zero attached hydrogens (tertiary/aromatic N) is 2. The number of carbonyl (C=O) groups excluding carboxylic acids is 1. The largest absolute Gasteiger partial charge is 0.462 e. The first-order valence-corrected chi connectivity index (χ1v) is 9.91. The minimum atomic E-state index is -0.441. The van der Waals surface area contributed by atoms with Crippen LogP contribution in [-0.2, 0) is 24.2 Å². The van der Waals surface area contributed by atoms with E-state index in [1.54, 1.807) is 6.92 Å². The first kappa shape index (κ1) is 18.9. The predicted molar refractivity (Wildman–Crippen MR) is 102 cm³/mol. The normalized spacial score (nSPS) is 15.6. The summed E-state index contributed by atoms with van der Waals surface area (Å²) >= 11 is 7.60. The van der Waals surface area contributed by atoms with Gasteiger partial charge in [0.15, 0.2) is 5.16 Å². The molecule has 1 atom stereocenters. The maximum Gasteiger partial charge on any atom is 0.343 e. The molecule has 6 nitrogen and oxygen atoms in total. The van der Waals surface area contributed by atoms with Crippen LogP contribution in [0.1, 0.15) is 34.0 Å². The van der Waals surface area contributed by atoms with E-state index < -0.39 is 5.97 Å². The van der Waals surface area contributed by atoms with Crippen LogP contribution in [0.3, 0.4) is 0 Å². The zero-order valence-electron chi connectivity index (χ0n) is 14.6. The Morgan fingerprint density at radius 2 is 2.15 bits per heavy atom. The number of aliphatic hydroxyl groups excluding tert-OH is 1. The molecule has 26 heavy (non-hydrogen) atoms. The summed E-state index contributed by atoms with van der Waals surface area (Å²) in [6.45, 7) is 1.97. The Hall–Kier alpha value is -1.83. The summed E-state index contributed by atoms with van der Waals surface area (Å²) in [7, 11) is 0. The van der Waals surface area contributed by atoms with Crippen LogP contribution in [-0.4, -0.2) is 39.9 Å². The zero-order valence-corrected chi connectivity index (χ0v) is 16.2. The molecule has 1 aromatic carbocycles. The maximum absolute atomic E-state index is 12.2. The third kappa shape index (κ3) is 3.95. The highest BCUT2D eigenvalue weighted by atomic mass is 35.5. The molecule has 0 bridgehead atoms. The van der Waals surface area contributed by atoms with E-state index in [2.05, 4.69) is 15.3 Å². The molecule has 3 rings (SSSR count). The van der Waals surface area contributed by atoms with Crippen LogP contribution in [0.4, 0.5) is 5.82 Å². The Kier molecular flexibility index (Phi) is 6.01. The first-order chi connectivity index (χ1) is 12.5. The minimum Gasteiger partial charge on any atom is -0.462 e. The van der Waals surface area contributed by atoms with Gasteiger partial charge in [-0.3, -0.25) is 0 Å². The summed E-state index contributed by atoms with van der Waals surface area (Å²) in [5, 5.41) is 13.9. The molecule has 0 saturated heterocycles. The van der Waals surface area contributed by atoms with Crippen molar-refractivity contribution in [1.82, 2.24) is 9.97 Å². The summed E-state index contributed by atoms with van der Waals surface area (Å²) < 4.78 is 5.10. The van der Waals surface area contributed by atoms with E-state index in [0.29, 0.717) is 28.2 Å². The standard InChI is InChI=1S/C18H20ClN3O3S/c1-3-25-17(24)14-8-20-18(26-2)22-16(14)21-13-5-10-4-12(9-23)15(19)7-11(10)6-13/h4,7-8,13,23H,3,5-6,9H2,1-2H3,(H,20,21,22). The van der Waals surface area contributed by atoms with E-state index in [1.807, 2.05) is 18.4 Å². The number of aromatic nitrogens is 2. The number of rotatable bonds is 6. The number of benzene rings is 1. The van der Waals surface area contributed by atoms with Gasteiger partial charge in [-0.1, -0.05) is 29.4 Å². The highest BCUT2D eigenvalue weighted by Crippen LogP contribution is 2.30. The molecule has 0 spiro atoms. The van der Waals surface area contributed by atoms with E-state index >= 15 is 0 Å². The number of anilines is 1. The summed E-state index contributed by atoms with van der Waals surface area (Å²) in [5.41, 5.74) is 3.34. The lowest BCUT2D eigenvalue weighted by Crippen LogP contribution is -2.23. The van der Waals surface area contributed by atoms with Crippen molar-refractivity contribution in [3.8, 4) is 0 Å². The molecule has 1 heterocycles. The van der Waals surface area contributed by atoms with Gasteiger partial charge in [-0.15, -0.1) is 0 Å². The Balaban J connectivity index is 1.84. The fraction of sp³-hybridized carbons (Fsp3) is 0.389. The molecule has 1 aromatic heterocycles. The van der Waals surface area contributed by atoms with Gasteiger partial charge in [0.1, 0.15) is 11.4 Å². The molecule has 2 N–H and O–H groups in total. The minimum absolute atomic E-state index is 0.0767. The topological polar surface area (TPSA) is 84.3 Å². The van der Waals surface area contributed by atoms with Crippen LogP contribution in [0.5, 0.6) is 0 Å². The molecule has 138 valence electrons. The lowest BCUT2D eigenvalue weighted by molar-refractivity contribution is 0.0526. The quantitative estimate of drug-likeness (QED) is 0.443. The van der Waals surface area contributed by atoms with Gasteiger partial charge in [0.25, 0.3) is 0 Å². The second kappa shape index (κ2) is 8.24. The first-order valence-electron chi connectivity index (χ1n) is 8.31. The average Bonchev–Trinajstić information content (AvgIpc) is 3.01. The van der Waals surface area contributed by atoms with Crippen LogP contribution in [0.25, 0.3) is 0 Å². The second-order valence-corrected chi connectivity index (χ2v) is 7.14. The molecular formula is C18H20ClN3O3S. The van der Waals surface area contributed by atoms with Crippen molar-refractivity contribution in [3.63, 3.8) is 0 Å². The molecule has 1 aliphatic rings. The molecule has 0 aliphatic heterocycles. The number of ether oxygens (including phenoxy) is 1. The number of hydrogen-bond donors (Lipinski definition) is 2.